The van der Waals surface area contributed by atoms with Gasteiger partial charge in [-0.1, -0.05) is 12.1 Å². The molecule has 3 aromatic rings. The molecule has 0 saturated carbocycles. The van der Waals surface area contributed by atoms with Gasteiger partial charge in [-0.05, 0) is 65.2 Å². The zero-order chi connectivity index (χ0) is 23.4. The summed E-state index contributed by atoms with van der Waals surface area (Å²) in [6.07, 6.45) is 1.58. The van der Waals surface area contributed by atoms with Crippen molar-refractivity contribution in [2.45, 2.75) is 20.5 Å². The van der Waals surface area contributed by atoms with Crippen LogP contribution in [0.5, 0.6) is 5.75 Å². The summed E-state index contributed by atoms with van der Waals surface area (Å²) in [5.41, 5.74) is 2.71. The van der Waals surface area contributed by atoms with E-state index in [9.17, 15) is 18.4 Å². The van der Waals surface area contributed by atoms with Crippen LogP contribution < -0.4 is 15.6 Å². The summed E-state index contributed by atoms with van der Waals surface area (Å²) in [6.45, 7) is 7.26. The van der Waals surface area contributed by atoms with Crippen molar-refractivity contribution in [3.05, 3.63) is 97.9 Å². The van der Waals surface area contributed by atoms with Crippen molar-refractivity contribution in [3.63, 3.8) is 0 Å². The first-order valence-electron chi connectivity index (χ1n) is 9.72. The Kier molecular flexibility index (Phi) is 7.25. The molecule has 1 aromatic heterocycles. The number of hydrogen-bond acceptors (Lipinski definition) is 3. The van der Waals surface area contributed by atoms with Crippen molar-refractivity contribution in [1.82, 2.24) is 10.3 Å². The lowest BCUT2D eigenvalue weighted by molar-refractivity contribution is 0.0958. The van der Waals surface area contributed by atoms with Crippen LogP contribution in [0.2, 0.25) is 0 Å². The third-order valence-corrected chi connectivity index (χ3v) is 5.59. The molecule has 0 aliphatic carbocycles. The fraction of sp³-hybridized carbons (Fsp3) is 0.167. The molecule has 0 radical (unpaired) electrons. The van der Waals surface area contributed by atoms with Crippen LogP contribution in [0, 0.1) is 25.5 Å². The second-order valence-corrected chi connectivity index (χ2v) is 7.94. The van der Waals surface area contributed by atoms with Crippen LogP contribution in [-0.4, -0.2) is 17.4 Å². The van der Waals surface area contributed by atoms with E-state index in [1.54, 1.807) is 31.2 Å². The maximum Gasteiger partial charge on any atom is 0.266 e. The van der Waals surface area contributed by atoms with Gasteiger partial charge in [0.25, 0.3) is 11.5 Å². The van der Waals surface area contributed by atoms with E-state index >= 15 is 0 Å². The molecule has 0 unspecified atom stereocenters. The predicted octanol–water partition coefficient (Wildman–Crippen LogP) is 5.19. The SMILES string of the molecule is C=CCNC(=O)c1ccc(C)c(-c2c(C)[nH]c(=O)c(Br)c2OCc2ccc(F)cc2F)c1. The second kappa shape index (κ2) is 9.91. The normalized spacial score (nSPS) is 10.7. The summed E-state index contributed by atoms with van der Waals surface area (Å²) >= 11 is 3.26. The molecule has 1 heterocycles. The lowest BCUT2D eigenvalue weighted by Crippen LogP contribution is -2.23. The molecular weight excluding hydrogens is 482 g/mol. The first kappa shape index (κ1) is 23.4. The third kappa shape index (κ3) is 4.96. The summed E-state index contributed by atoms with van der Waals surface area (Å²) in [4.78, 5) is 27.6. The number of ether oxygens (including phenoxy) is 1. The number of aromatic amines is 1. The molecule has 0 atom stereocenters. The van der Waals surface area contributed by atoms with Gasteiger partial charge in [0.15, 0.2) is 0 Å². The first-order chi connectivity index (χ1) is 15.2. The highest BCUT2D eigenvalue weighted by molar-refractivity contribution is 9.10. The first-order valence-corrected chi connectivity index (χ1v) is 10.5. The van der Waals surface area contributed by atoms with Crippen molar-refractivity contribution >= 4 is 21.8 Å². The van der Waals surface area contributed by atoms with Gasteiger partial charge in [-0.15, -0.1) is 6.58 Å². The van der Waals surface area contributed by atoms with Crippen LogP contribution >= 0.6 is 15.9 Å². The summed E-state index contributed by atoms with van der Waals surface area (Å²) in [5, 5.41) is 2.73. The molecule has 5 nitrogen and oxygen atoms in total. The van der Waals surface area contributed by atoms with Crippen molar-refractivity contribution in [2.24, 2.45) is 0 Å². The quantitative estimate of drug-likeness (QED) is 0.436. The molecule has 0 saturated heterocycles. The standard InChI is InChI=1S/C24H21BrF2N2O3/c1-4-9-28-23(30)15-6-5-13(2)18(10-15)20-14(3)29-24(31)21(25)22(20)32-12-16-7-8-17(26)11-19(16)27/h4-8,10-11H,1,9,12H2,2-3H3,(H,28,30)(H,29,31). The number of H-pyrrole nitrogens is 1. The minimum Gasteiger partial charge on any atom is -0.487 e. The fourth-order valence-electron chi connectivity index (χ4n) is 3.22. The number of nitrogens with one attached hydrogen (secondary N) is 2. The maximum absolute atomic E-state index is 14.1. The molecule has 0 aliphatic rings. The van der Waals surface area contributed by atoms with E-state index in [1.165, 1.54) is 6.07 Å². The Morgan fingerprint density at radius 2 is 1.97 bits per heavy atom. The number of aromatic nitrogens is 1. The van der Waals surface area contributed by atoms with Gasteiger partial charge in [0.05, 0.1) is 0 Å². The van der Waals surface area contributed by atoms with Crippen LogP contribution in [0.3, 0.4) is 0 Å². The highest BCUT2D eigenvalue weighted by atomic mass is 79.9. The number of hydrogen-bond donors (Lipinski definition) is 2. The number of pyridine rings is 1. The monoisotopic (exact) mass is 502 g/mol. The zero-order valence-electron chi connectivity index (χ0n) is 17.5. The lowest BCUT2D eigenvalue weighted by Gasteiger charge is -2.18. The number of carbonyl (C=O) groups excluding carboxylic acids is 1. The van der Waals surface area contributed by atoms with E-state index in [4.69, 9.17) is 4.74 Å². The average molecular weight is 503 g/mol. The van der Waals surface area contributed by atoms with E-state index < -0.39 is 17.2 Å². The summed E-state index contributed by atoms with van der Waals surface area (Å²) < 4.78 is 33.3. The molecule has 0 bridgehead atoms. The molecule has 32 heavy (non-hydrogen) atoms. The van der Waals surface area contributed by atoms with Crippen LogP contribution in [0.25, 0.3) is 11.1 Å². The smallest absolute Gasteiger partial charge is 0.266 e. The number of benzene rings is 2. The van der Waals surface area contributed by atoms with Crippen molar-refractivity contribution < 1.29 is 18.3 Å². The van der Waals surface area contributed by atoms with E-state index in [1.807, 2.05) is 6.92 Å². The molecule has 166 valence electrons. The molecular formula is C24H21BrF2N2O3. The molecule has 3 rings (SSSR count). The Morgan fingerprint density at radius 1 is 1.22 bits per heavy atom. The molecule has 1 amide bonds. The summed E-state index contributed by atoms with van der Waals surface area (Å²) in [5.74, 6) is -1.52. The number of aryl methyl sites for hydroxylation is 2. The highest BCUT2D eigenvalue weighted by Crippen LogP contribution is 2.38. The van der Waals surface area contributed by atoms with Gasteiger partial charge in [-0.25, -0.2) is 8.78 Å². The third-order valence-electron chi connectivity index (χ3n) is 4.86. The Bertz CT molecular complexity index is 1250. The Hall–Kier alpha value is -3.26. The number of halogens is 3. The fourth-order valence-corrected chi connectivity index (χ4v) is 3.63. The topological polar surface area (TPSA) is 71.2 Å². The van der Waals surface area contributed by atoms with E-state index in [0.29, 0.717) is 28.9 Å². The van der Waals surface area contributed by atoms with E-state index in [2.05, 4.69) is 32.8 Å². The van der Waals surface area contributed by atoms with Crippen LogP contribution in [0.15, 0.2) is 58.3 Å². The highest BCUT2D eigenvalue weighted by Gasteiger charge is 2.20. The molecule has 0 fully saturated rings. The van der Waals surface area contributed by atoms with Crippen molar-refractivity contribution in [1.29, 1.82) is 0 Å². The van der Waals surface area contributed by atoms with Gasteiger partial charge in [-0.3, -0.25) is 9.59 Å². The molecule has 2 N–H and O–H groups in total. The van der Waals surface area contributed by atoms with Gasteiger partial charge < -0.3 is 15.0 Å². The van der Waals surface area contributed by atoms with E-state index in [-0.39, 0.29) is 28.3 Å². The zero-order valence-corrected chi connectivity index (χ0v) is 19.1. The van der Waals surface area contributed by atoms with Crippen LogP contribution in [0.4, 0.5) is 8.78 Å². The predicted molar refractivity (Wildman–Crippen MR) is 123 cm³/mol. The minimum atomic E-state index is -0.749. The summed E-state index contributed by atoms with van der Waals surface area (Å²) in [7, 11) is 0. The van der Waals surface area contributed by atoms with Crippen molar-refractivity contribution in [2.75, 3.05) is 6.54 Å². The molecule has 0 spiro atoms. The second-order valence-electron chi connectivity index (χ2n) is 7.15. The minimum absolute atomic E-state index is 0.126. The Balaban J connectivity index is 2.09. The molecule has 0 aliphatic heterocycles. The number of rotatable bonds is 7. The maximum atomic E-state index is 14.1. The Morgan fingerprint density at radius 3 is 2.66 bits per heavy atom. The van der Waals surface area contributed by atoms with Gasteiger partial charge in [0, 0.05) is 35.0 Å². The number of amides is 1. The molecule has 8 heteroatoms. The van der Waals surface area contributed by atoms with Crippen LogP contribution in [-0.2, 0) is 6.61 Å². The van der Waals surface area contributed by atoms with Gasteiger partial charge in [0.1, 0.15) is 28.5 Å². The summed E-state index contributed by atoms with van der Waals surface area (Å²) in [6, 6.07) is 8.38. The molecule has 2 aromatic carbocycles. The average Bonchev–Trinajstić information content (AvgIpc) is 2.75. The number of carbonyl (C=O) groups is 1. The van der Waals surface area contributed by atoms with Gasteiger partial charge >= 0.3 is 0 Å². The Labute approximate surface area is 192 Å². The van der Waals surface area contributed by atoms with Crippen molar-refractivity contribution in [3.8, 4) is 16.9 Å². The van der Waals surface area contributed by atoms with Gasteiger partial charge in [0.2, 0.25) is 0 Å². The largest absolute Gasteiger partial charge is 0.487 e. The van der Waals surface area contributed by atoms with Crippen LogP contribution in [0.1, 0.15) is 27.2 Å². The lowest BCUT2D eigenvalue weighted by atomic mass is 9.96. The van der Waals surface area contributed by atoms with Gasteiger partial charge in [-0.2, -0.15) is 0 Å². The van der Waals surface area contributed by atoms with E-state index in [0.717, 1.165) is 17.7 Å².